The largest absolute Gasteiger partial charge is 0.342 e. The van der Waals surface area contributed by atoms with Gasteiger partial charge in [-0.3, -0.25) is 4.79 Å². The summed E-state index contributed by atoms with van der Waals surface area (Å²) in [6, 6.07) is 10.7. The molecule has 4 heteroatoms. The normalized spacial score (nSPS) is 27.5. The van der Waals surface area contributed by atoms with E-state index in [1.807, 2.05) is 0 Å². The van der Waals surface area contributed by atoms with Crippen molar-refractivity contribution >= 4 is 18.3 Å². The number of rotatable bonds is 4. The predicted molar refractivity (Wildman–Crippen MR) is 96.6 cm³/mol. The molecular weight excluding hydrogens is 308 g/mol. The van der Waals surface area contributed by atoms with Crippen LogP contribution < -0.4 is 5.73 Å². The summed E-state index contributed by atoms with van der Waals surface area (Å²) in [5.74, 6) is 1.60. The van der Waals surface area contributed by atoms with Crippen LogP contribution in [0, 0.1) is 17.8 Å². The fourth-order valence-corrected chi connectivity index (χ4v) is 4.26. The summed E-state index contributed by atoms with van der Waals surface area (Å²) < 4.78 is 0. The van der Waals surface area contributed by atoms with Crippen molar-refractivity contribution in [3.63, 3.8) is 0 Å². The molecule has 3 nitrogen and oxygen atoms in total. The van der Waals surface area contributed by atoms with E-state index in [-0.39, 0.29) is 18.3 Å². The van der Waals surface area contributed by atoms with Gasteiger partial charge >= 0.3 is 0 Å². The molecule has 23 heavy (non-hydrogen) atoms. The maximum atomic E-state index is 12.8. The lowest BCUT2D eigenvalue weighted by Crippen LogP contribution is -2.45. The standard InChI is InChI=1S/C19H28N2O.ClH/c20-13-17-9-4-10-18(17)19(22)21-11-5-8-16(14-21)12-15-6-2-1-3-7-15;/h1-3,6-7,16-18H,4-5,8-14,20H2;1H/t16?,17-,18-;/m1./s1. The lowest BCUT2D eigenvalue weighted by atomic mass is 9.89. The summed E-state index contributed by atoms with van der Waals surface area (Å²) in [5.41, 5.74) is 7.24. The maximum absolute atomic E-state index is 12.8. The van der Waals surface area contributed by atoms with E-state index >= 15 is 0 Å². The van der Waals surface area contributed by atoms with Crippen LogP contribution in [0.4, 0.5) is 0 Å². The van der Waals surface area contributed by atoms with E-state index in [2.05, 4.69) is 35.2 Å². The summed E-state index contributed by atoms with van der Waals surface area (Å²) >= 11 is 0. The zero-order valence-electron chi connectivity index (χ0n) is 13.8. The van der Waals surface area contributed by atoms with Crippen LogP contribution in [0.15, 0.2) is 30.3 Å². The van der Waals surface area contributed by atoms with Crippen molar-refractivity contribution in [2.75, 3.05) is 19.6 Å². The van der Waals surface area contributed by atoms with Crippen molar-refractivity contribution in [1.82, 2.24) is 4.90 Å². The molecule has 0 aromatic heterocycles. The number of hydrogen-bond donors (Lipinski definition) is 1. The van der Waals surface area contributed by atoms with Gasteiger partial charge in [0, 0.05) is 19.0 Å². The van der Waals surface area contributed by atoms with E-state index in [1.165, 1.54) is 18.4 Å². The quantitative estimate of drug-likeness (QED) is 0.917. The summed E-state index contributed by atoms with van der Waals surface area (Å²) in [4.78, 5) is 15.0. The number of amides is 1. The van der Waals surface area contributed by atoms with Gasteiger partial charge in [0.25, 0.3) is 0 Å². The second kappa shape index (κ2) is 8.70. The molecule has 0 spiro atoms. The highest BCUT2D eigenvalue weighted by molar-refractivity contribution is 5.85. The van der Waals surface area contributed by atoms with Gasteiger partial charge in [-0.05, 0) is 56.0 Å². The SMILES string of the molecule is Cl.NC[C@H]1CCC[C@H]1C(=O)N1CCCC(Cc2ccccc2)C1. The average Bonchev–Trinajstić information content (AvgIpc) is 3.04. The molecule has 1 unspecified atom stereocenters. The minimum atomic E-state index is 0. The van der Waals surface area contributed by atoms with Gasteiger partial charge in [0.2, 0.25) is 5.91 Å². The van der Waals surface area contributed by atoms with Gasteiger partial charge in [-0.1, -0.05) is 36.8 Å². The highest BCUT2D eigenvalue weighted by Crippen LogP contribution is 2.33. The van der Waals surface area contributed by atoms with Gasteiger partial charge in [0.05, 0.1) is 0 Å². The highest BCUT2D eigenvalue weighted by Gasteiger charge is 2.36. The van der Waals surface area contributed by atoms with Crippen LogP contribution in [-0.4, -0.2) is 30.4 Å². The van der Waals surface area contributed by atoms with Crippen LogP contribution >= 0.6 is 12.4 Å². The molecule has 1 aliphatic heterocycles. The third-order valence-electron chi connectivity index (χ3n) is 5.48. The molecule has 2 N–H and O–H groups in total. The van der Waals surface area contributed by atoms with Crippen molar-refractivity contribution in [2.45, 2.75) is 38.5 Å². The van der Waals surface area contributed by atoms with E-state index in [0.717, 1.165) is 38.8 Å². The number of halogens is 1. The molecule has 1 amide bonds. The van der Waals surface area contributed by atoms with E-state index in [4.69, 9.17) is 5.73 Å². The van der Waals surface area contributed by atoms with E-state index in [9.17, 15) is 4.79 Å². The Labute approximate surface area is 146 Å². The molecule has 1 aromatic carbocycles. The van der Waals surface area contributed by atoms with Crippen LogP contribution in [0.3, 0.4) is 0 Å². The van der Waals surface area contributed by atoms with Crippen molar-refractivity contribution in [1.29, 1.82) is 0 Å². The smallest absolute Gasteiger partial charge is 0.226 e. The number of carbonyl (C=O) groups is 1. The Morgan fingerprint density at radius 3 is 2.65 bits per heavy atom. The van der Waals surface area contributed by atoms with E-state index in [0.29, 0.717) is 24.3 Å². The van der Waals surface area contributed by atoms with Crippen LogP contribution in [0.5, 0.6) is 0 Å². The van der Waals surface area contributed by atoms with E-state index in [1.54, 1.807) is 0 Å². The zero-order chi connectivity index (χ0) is 15.4. The Balaban J connectivity index is 0.00000192. The first-order chi connectivity index (χ1) is 10.8. The van der Waals surface area contributed by atoms with Crippen molar-refractivity contribution in [3.8, 4) is 0 Å². The van der Waals surface area contributed by atoms with Crippen LogP contribution in [0.25, 0.3) is 0 Å². The summed E-state index contributed by atoms with van der Waals surface area (Å²) in [6.07, 6.45) is 6.82. The first-order valence-corrected chi connectivity index (χ1v) is 8.80. The fraction of sp³-hybridized carbons (Fsp3) is 0.632. The lowest BCUT2D eigenvalue weighted by Gasteiger charge is -2.35. The number of likely N-dealkylation sites (tertiary alicyclic amines) is 1. The monoisotopic (exact) mass is 336 g/mol. The third-order valence-corrected chi connectivity index (χ3v) is 5.48. The van der Waals surface area contributed by atoms with Crippen LogP contribution in [0.1, 0.15) is 37.7 Å². The Morgan fingerprint density at radius 2 is 1.91 bits per heavy atom. The number of nitrogens with zero attached hydrogens (tertiary/aromatic N) is 1. The van der Waals surface area contributed by atoms with Gasteiger partial charge in [-0.2, -0.15) is 0 Å². The first kappa shape index (κ1) is 18.3. The summed E-state index contributed by atoms with van der Waals surface area (Å²) in [7, 11) is 0. The molecule has 1 aromatic rings. The van der Waals surface area contributed by atoms with Gasteiger partial charge in [0.1, 0.15) is 0 Å². The van der Waals surface area contributed by atoms with Crippen molar-refractivity contribution in [2.24, 2.45) is 23.5 Å². The molecule has 1 saturated carbocycles. The molecule has 2 aliphatic rings. The number of benzene rings is 1. The average molecular weight is 337 g/mol. The summed E-state index contributed by atoms with van der Waals surface area (Å²) in [5, 5.41) is 0. The third kappa shape index (κ3) is 4.48. The summed E-state index contributed by atoms with van der Waals surface area (Å²) in [6.45, 7) is 2.54. The van der Waals surface area contributed by atoms with Gasteiger partial charge in [-0.15, -0.1) is 12.4 Å². The molecule has 0 bridgehead atoms. The topological polar surface area (TPSA) is 46.3 Å². The first-order valence-electron chi connectivity index (χ1n) is 8.80. The van der Waals surface area contributed by atoms with Gasteiger partial charge in [-0.25, -0.2) is 0 Å². The van der Waals surface area contributed by atoms with Crippen molar-refractivity contribution in [3.05, 3.63) is 35.9 Å². The Bertz CT molecular complexity index is 493. The van der Waals surface area contributed by atoms with Crippen LogP contribution in [0.2, 0.25) is 0 Å². The highest BCUT2D eigenvalue weighted by atomic mass is 35.5. The number of nitrogens with two attached hydrogens (primary N) is 1. The lowest BCUT2D eigenvalue weighted by molar-refractivity contribution is -0.138. The Morgan fingerprint density at radius 1 is 1.13 bits per heavy atom. The number of piperidine rings is 1. The molecule has 0 radical (unpaired) electrons. The minimum absolute atomic E-state index is 0. The second-order valence-corrected chi connectivity index (χ2v) is 7.02. The van der Waals surface area contributed by atoms with Crippen LogP contribution in [-0.2, 0) is 11.2 Å². The number of carbonyl (C=O) groups excluding carboxylic acids is 1. The maximum Gasteiger partial charge on any atom is 0.226 e. The van der Waals surface area contributed by atoms with Gasteiger partial charge in [0.15, 0.2) is 0 Å². The predicted octanol–water partition coefficient (Wildman–Crippen LogP) is 3.26. The molecule has 128 valence electrons. The van der Waals surface area contributed by atoms with E-state index < -0.39 is 0 Å². The fourth-order valence-electron chi connectivity index (χ4n) is 4.26. The molecule has 2 fully saturated rings. The molecule has 3 rings (SSSR count). The molecule has 1 aliphatic carbocycles. The molecule has 3 atom stereocenters. The molecule has 1 heterocycles. The number of hydrogen-bond acceptors (Lipinski definition) is 2. The minimum Gasteiger partial charge on any atom is -0.342 e. The Hall–Kier alpha value is -1.06. The van der Waals surface area contributed by atoms with Gasteiger partial charge < -0.3 is 10.6 Å². The van der Waals surface area contributed by atoms with Crippen molar-refractivity contribution < 1.29 is 4.79 Å². The Kier molecular flexibility index (Phi) is 6.91. The second-order valence-electron chi connectivity index (χ2n) is 7.02. The zero-order valence-corrected chi connectivity index (χ0v) is 14.6. The molecule has 1 saturated heterocycles. The molecular formula is C19H29ClN2O.